The van der Waals surface area contributed by atoms with Crippen LogP contribution < -0.4 is 24.8 Å². The molecule has 2 atom stereocenters. The number of allylic oxidation sites excluding steroid dienone is 2. The molecule has 2 spiro atoms. The van der Waals surface area contributed by atoms with E-state index in [-0.39, 0.29) is 24.8 Å². The van der Waals surface area contributed by atoms with Crippen LogP contribution in [-0.4, -0.2) is 0 Å². The summed E-state index contributed by atoms with van der Waals surface area (Å²) in [4.78, 5) is 0. The molecule has 160 valence electrons. The molecule has 3 heteroatoms. The third-order valence-electron chi connectivity index (χ3n) is 8.48. The van der Waals surface area contributed by atoms with Crippen LogP contribution in [0.25, 0.3) is 33.7 Å². The van der Waals surface area contributed by atoms with Gasteiger partial charge in [0.15, 0.2) is 0 Å². The predicted octanol–water partition coefficient (Wildman–Crippen LogP) is 1.56. The van der Waals surface area contributed by atoms with E-state index in [2.05, 4.69) is 84.9 Å². The van der Waals surface area contributed by atoms with Gasteiger partial charge in [0, 0.05) is 0 Å². The van der Waals surface area contributed by atoms with E-state index in [1.807, 2.05) is 0 Å². The minimum atomic E-state index is -0.816. The molecule has 0 nitrogen and oxygen atoms in total. The first-order valence-corrected chi connectivity index (χ1v) is 14.0. The maximum Gasteiger partial charge on any atom is -1.00 e. The minimum Gasteiger partial charge on any atom is -1.00 e. The van der Waals surface area contributed by atoms with Crippen LogP contribution in [-0.2, 0) is 29.5 Å². The van der Waals surface area contributed by atoms with Crippen LogP contribution in [0.2, 0.25) is 0 Å². The molecular weight excluding hydrogens is 522 g/mol. The van der Waals surface area contributed by atoms with Gasteiger partial charge >= 0.3 is 195 Å². The molecule has 2 aliphatic heterocycles. The maximum absolute atomic E-state index is 2.60. The molecule has 0 radical (unpaired) electrons. The Morgan fingerprint density at radius 1 is 0.545 bits per heavy atom. The van der Waals surface area contributed by atoms with Gasteiger partial charge in [0.1, 0.15) is 0 Å². The summed E-state index contributed by atoms with van der Waals surface area (Å²) in [5.74, 6) is 0. The van der Waals surface area contributed by atoms with Gasteiger partial charge in [0.05, 0.1) is 0 Å². The molecular formula is C30H22Cl2Zr. The summed E-state index contributed by atoms with van der Waals surface area (Å²) in [7, 11) is 0. The zero-order chi connectivity index (χ0) is 20.2. The van der Waals surface area contributed by atoms with Gasteiger partial charge in [-0.05, 0) is 0 Å². The van der Waals surface area contributed by atoms with E-state index in [9.17, 15) is 0 Å². The first-order chi connectivity index (χ1) is 15.3. The summed E-state index contributed by atoms with van der Waals surface area (Å²) in [5.41, 5.74) is 9.96. The van der Waals surface area contributed by atoms with Crippen molar-refractivity contribution in [2.75, 3.05) is 0 Å². The maximum atomic E-state index is 2.60. The molecule has 2 saturated heterocycles. The summed E-state index contributed by atoms with van der Waals surface area (Å²) in [5, 5.41) is 5.62. The first kappa shape index (κ1) is 21.8. The Balaban J connectivity index is 0.00000103. The summed E-state index contributed by atoms with van der Waals surface area (Å²) in [6.45, 7) is 0. The molecule has 2 bridgehead atoms. The zero-order valence-electron chi connectivity index (χ0n) is 18.2. The second-order valence-corrected chi connectivity index (χ2v) is 14.7. The van der Waals surface area contributed by atoms with Crippen LogP contribution in [0.3, 0.4) is 0 Å². The average Bonchev–Trinajstić information content (AvgIpc) is 3.40. The topological polar surface area (TPSA) is 0 Å². The van der Waals surface area contributed by atoms with E-state index < -0.39 is 23.2 Å². The normalized spacial score (nSPS) is 25.2. The van der Waals surface area contributed by atoms with Gasteiger partial charge < -0.3 is 24.8 Å². The van der Waals surface area contributed by atoms with Crippen molar-refractivity contribution in [2.24, 2.45) is 0 Å². The molecule has 0 amide bonds. The van der Waals surface area contributed by atoms with Crippen molar-refractivity contribution < 1.29 is 48.0 Å². The average molecular weight is 545 g/mol. The Bertz CT molecular complexity index is 1420. The van der Waals surface area contributed by atoms with Crippen molar-refractivity contribution in [1.29, 1.82) is 0 Å². The molecule has 2 fully saturated rings. The molecule has 2 aliphatic carbocycles. The van der Waals surface area contributed by atoms with E-state index in [1.54, 1.807) is 22.3 Å². The molecule has 4 aromatic carbocycles. The molecule has 0 saturated carbocycles. The van der Waals surface area contributed by atoms with E-state index in [0.29, 0.717) is 6.25 Å². The SMILES string of the molecule is C1=C2CCC3=Cc4cc5ccccc5cc4[C]34CC[C]2([Zr+2]4)c2cc3ccccc3cc21.[Cl-].[Cl-]. The van der Waals surface area contributed by atoms with Gasteiger partial charge in [-0.25, -0.2) is 0 Å². The van der Waals surface area contributed by atoms with Crippen LogP contribution in [0.4, 0.5) is 0 Å². The number of halogens is 2. The van der Waals surface area contributed by atoms with Crippen LogP contribution >= 0.6 is 0 Å². The summed E-state index contributed by atoms with van der Waals surface area (Å²) >= 11 is -0.816. The largest absolute Gasteiger partial charge is 1.00 e. The van der Waals surface area contributed by atoms with Crippen LogP contribution in [0.1, 0.15) is 47.9 Å². The molecule has 0 aromatic heterocycles. The summed E-state index contributed by atoms with van der Waals surface area (Å²) < 4.78 is 0.817. The molecule has 4 aliphatic rings. The minimum absolute atomic E-state index is 0. The molecule has 4 aromatic rings. The molecule has 2 heterocycles. The van der Waals surface area contributed by atoms with Gasteiger partial charge in [-0.1, -0.05) is 0 Å². The van der Waals surface area contributed by atoms with Crippen molar-refractivity contribution in [3.8, 4) is 0 Å². The molecule has 0 N–H and O–H groups in total. The van der Waals surface area contributed by atoms with E-state index in [0.717, 1.165) is 0 Å². The Labute approximate surface area is 218 Å². The summed E-state index contributed by atoms with van der Waals surface area (Å²) in [6.07, 6.45) is 10.4. The monoisotopic (exact) mass is 542 g/mol. The number of benzene rings is 4. The standard InChI is InChI=1S/C30H22.2ClH.Zr/c1-3-7-21-17-29-25(13-19(21)5-1)15-23-9-10-24-16-26-14-20-6-2-4-8-22(20)18-30(26)28(24)12-11-27(23)29;;;/h1-8,13-18H,9-12H2;2*1H;/q;;;+2/p-2. The van der Waals surface area contributed by atoms with Gasteiger partial charge in [-0.2, -0.15) is 0 Å². The molecule has 8 rings (SSSR count). The fourth-order valence-corrected chi connectivity index (χ4v) is 13.6. The van der Waals surface area contributed by atoms with Gasteiger partial charge in [-0.15, -0.1) is 0 Å². The number of hydrogen-bond acceptors (Lipinski definition) is 0. The van der Waals surface area contributed by atoms with E-state index >= 15 is 0 Å². The number of fused-ring (bicyclic) bond motifs is 4. The fourth-order valence-electron chi connectivity index (χ4n) is 7.05. The Hall–Kier alpha value is -1.66. The summed E-state index contributed by atoms with van der Waals surface area (Å²) in [6, 6.07) is 28.0. The van der Waals surface area contributed by atoms with Crippen molar-refractivity contribution in [1.82, 2.24) is 0 Å². The molecule has 33 heavy (non-hydrogen) atoms. The predicted molar refractivity (Wildman–Crippen MR) is 126 cm³/mol. The number of hydrogen-bond donors (Lipinski definition) is 0. The first-order valence-electron chi connectivity index (χ1n) is 11.5. The smallest absolute Gasteiger partial charge is 1.00 e. The van der Waals surface area contributed by atoms with E-state index in [1.165, 1.54) is 58.4 Å². The zero-order valence-corrected chi connectivity index (χ0v) is 22.1. The Morgan fingerprint density at radius 3 is 1.36 bits per heavy atom. The Kier molecular flexibility index (Phi) is 4.91. The third kappa shape index (κ3) is 2.74. The van der Waals surface area contributed by atoms with Gasteiger partial charge in [0.25, 0.3) is 0 Å². The van der Waals surface area contributed by atoms with Gasteiger partial charge in [-0.3, -0.25) is 0 Å². The fraction of sp³-hybridized carbons (Fsp3) is 0.200. The van der Waals surface area contributed by atoms with Crippen molar-refractivity contribution in [3.63, 3.8) is 0 Å². The molecule has 2 unspecified atom stereocenters. The van der Waals surface area contributed by atoms with E-state index in [4.69, 9.17) is 0 Å². The van der Waals surface area contributed by atoms with Crippen molar-refractivity contribution in [3.05, 3.63) is 106 Å². The second kappa shape index (κ2) is 7.42. The van der Waals surface area contributed by atoms with Crippen LogP contribution in [0, 0.1) is 0 Å². The van der Waals surface area contributed by atoms with Crippen LogP contribution in [0.5, 0.6) is 0 Å². The van der Waals surface area contributed by atoms with Crippen LogP contribution in [0.15, 0.2) is 83.9 Å². The Morgan fingerprint density at radius 2 is 0.939 bits per heavy atom. The van der Waals surface area contributed by atoms with Gasteiger partial charge in [0.2, 0.25) is 0 Å². The van der Waals surface area contributed by atoms with Crippen molar-refractivity contribution in [2.45, 2.75) is 31.9 Å². The second-order valence-electron chi connectivity index (χ2n) is 9.85. The van der Waals surface area contributed by atoms with Crippen molar-refractivity contribution >= 4 is 33.7 Å². The number of rotatable bonds is 0. The third-order valence-corrected chi connectivity index (χ3v) is 14.7. The quantitative estimate of drug-likeness (QED) is 0.315.